The summed E-state index contributed by atoms with van der Waals surface area (Å²) in [6.45, 7) is 9.02. The van der Waals surface area contributed by atoms with Gasteiger partial charge in [0, 0.05) is 26.2 Å². The Kier molecular flexibility index (Phi) is 6.81. The minimum absolute atomic E-state index is 0.0216. The Bertz CT molecular complexity index is 800. The molecule has 0 aliphatic carbocycles. The molecule has 5 heteroatoms. The first-order valence-corrected chi connectivity index (χ1v) is 9.07. The van der Waals surface area contributed by atoms with Crippen LogP contribution < -0.4 is 4.90 Å². The Balaban J connectivity index is 2.34. The Hall–Kier alpha value is -2.33. The molecular weight excluding hydrogens is 346 g/mol. The van der Waals surface area contributed by atoms with Gasteiger partial charge in [-0.2, -0.15) is 0 Å². The van der Waals surface area contributed by atoms with Crippen molar-refractivity contribution in [3.63, 3.8) is 0 Å². The third-order valence-electron chi connectivity index (χ3n) is 4.29. The van der Waals surface area contributed by atoms with E-state index in [0.717, 1.165) is 23.4 Å². The predicted octanol–water partition coefficient (Wildman–Crippen LogP) is 5.12. The van der Waals surface area contributed by atoms with Gasteiger partial charge < -0.3 is 9.80 Å². The molecule has 0 saturated carbocycles. The molecule has 0 aliphatic rings. The van der Waals surface area contributed by atoms with Gasteiger partial charge in [-0.1, -0.05) is 41.4 Å². The van der Waals surface area contributed by atoms with E-state index in [0.29, 0.717) is 17.3 Å². The fourth-order valence-electron chi connectivity index (χ4n) is 2.53. The van der Waals surface area contributed by atoms with Crippen molar-refractivity contribution in [1.29, 1.82) is 0 Å². The van der Waals surface area contributed by atoms with Crippen LogP contribution in [0, 0.1) is 13.8 Å². The summed E-state index contributed by atoms with van der Waals surface area (Å²) in [4.78, 5) is 20.4. The van der Waals surface area contributed by atoms with Gasteiger partial charge in [-0.3, -0.25) is 4.79 Å². The zero-order valence-corrected chi connectivity index (χ0v) is 16.8. The van der Waals surface area contributed by atoms with Crippen molar-refractivity contribution in [2.24, 2.45) is 4.99 Å². The molecule has 0 heterocycles. The fourth-order valence-corrected chi connectivity index (χ4v) is 2.74. The number of carbonyl (C=O) groups is 1. The van der Waals surface area contributed by atoms with E-state index >= 15 is 0 Å². The quantitative estimate of drug-likeness (QED) is 0.521. The van der Waals surface area contributed by atoms with E-state index in [1.807, 2.05) is 50.1 Å². The highest BCUT2D eigenvalue weighted by atomic mass is 35.5. The van der Waals surface area contributed by atoms with Crippen LogP contribution in [0.25, 0.3) is 0 Å². The molecule has 0 aromatic heterocycles. The number of rotatable bonds is 6. The monoisotopic (exact) mass is 371 g/mol. The summed E-state index contributed by atoms with van der Waals surface area (Å²) in [5, 5.41) is 0.529. The maximum absolute atomic E-state index is 12.3. The first-order valence-electron chi connectivity index (χ1n) is 8.70. The second-order valence-corrected chi connectivity index (χ2v) is 6.91. The summed E-state index contributed by atoms with van der Waals surface area (Å²) in [7, 11) is 1.96. The first-order chi connectivity index (χ1) is 12.3. The molecular formula is C21H26ClN3O. The van der Waals surface area contributed by atoms with Crippen LogP contribution in [0.5, 0.6) is 0 Å². The number of carbonyl (C=O) groups excluding carboxylic acids is 1. The lowest BCUT2D eigenvalue weighted by Crippen LogP contribution is -2.28. The summed E-state index contributed by atoms with van der Waals surface area (Å²) in [6, 6.07) is 11.9. The highest BCUT2D eigenvalue weighted by Crippen LogP contribution is 2.33. The number of anilines is 1. The van der Waals surface area contributed by atoms with Crippen molar-refractivity contribution in [3.05, 3.63) is 58.1 Å². The number of amides is 1. The number of benzene rings is 2. The highest BCUT2D eigenvalue weighted by molar-refractivity contribution is 6.33. The molecule has 0 atom stereocenters. The van der Waals surface area contributed by atoms with Gasteiger partial charge in [-0.05, 0) is 44.0 Å². The van der Waals surface area contributed by atoms with Crippen LogP contribution in [-0.4, -0.2) is 30.7 Å². The molecule has 2 aromatic rings. The number of halogens is 1. The molecule has 1 amide bonds. The minimum Gasteiger partial charge on any atom is -0.366 e. The van der Waals surface area contributed by atoms with Crippen molar-refractivity contribution in [3.8, 4) is 0 Å². The maximum Gasteiger partial charge on any atom is 0.224 e. The maximum atomic E-state index is 12.3. The van der Waals surface area contributed by atoms with Crippen LogP contribution in [0.15, 0.2) is 41.4 Å². The number of nitrogens with zero attached hydrogens (tertiary/aromatic N) is 3. The van der Waals surface area contributed by atoms with E-state index in [4.69, 9.17) is 11.6 Å². The minimum atomic E-state index is -0.0216. The third-order valence-corrected chi connectivity index (χ3v) is 4.59. The molecule has 0 radical (unpaired) electrons. The van der Waals surface area contributed by atoms with Crippen molar-refractivity contribution in [1.82, 2.24) is 4.90 Å². The molecule has 138 valence electrons. The molecule has 0 aliphatic heterocycles. The van der Waals surface area contributed by atoms with Gasteiger partial charge in [-0.25, -0.2) is 4.99 Å². The average molecular weight is 372 g/mol. The largest absolute Gasteiger partial charge is 0.366 e. The van der Waals surface area contributed by atoms with Gasteiger partial charge in [0.15, 0.2) is 0 Å². The van der Waals surface area contributed by atoms with E-state index in [-0.39, 0.29) is 5.91 Å². The van der Waals surface area contributed by atoms with Gasteiger partial charge in [0.1, 0.15) is 0 Å². The van der Waals surface area contributed by atoms with Gasteiger partial charge in [0.05, 0.1) is 23.6 Å². The van der Waals surface area contributed by atoms with Gasteiger partial charge >= 0.3 is 0 Å². The smallest absolute Gasteiger partial charge is 0.224 e. The summed E-state index contributed by atoms with van der Waals surface area (Å²) < 4.78 is 0. The summed E-state index contributed by atoms with van der Waals surface area (Å²) in [5.41, 5.74) is 4.75. The molecule has 2 rings (SSSR count). The molecule has 0 bridgehead atoms. The number of aliphatic imine (C=N–C) groups is 1. The molecule has 4 nitrogen and oxygen atoms in total. The molecule has 2 aromatic carbocycles. The van der Waals surface area contributed by atoms with E-state index < -0.39 is 0 Å². The van der Waals surface area contributed by atoms with Crippen LogP contribution in [-0.2, 0) is 11.3 Å². The van der Waals surface area contributed by atoms with Crippen molar-refractivity contribution >= 4 is 35.2 Å². The number of hydrogen-bond acceptors (Lipinski definition) is 2. The summed E-state index contributed by atoms with van der Waals surface area (Å²) in [6.07, 6.45) is 1.76. The average Bonchev–Trinajstić information content (AvgIpc) is 2.61. The zero-order chi connectivity index (χ0) is 19.3. The van der Waals surface area contributed by atoms with Crippen molar-refractivity contribution in [2.45, 2.75) is 34.2 Å². The third kappa shape index (κ3) is 5.09. The van der Waals surface area contributed by atoms with E-state index in [2.05, 4.69) is 24.0 Å². The van der Waals surface area contributed by atoms with Crippen LogP contribution in [0.3, 0.4) is 0 Å². The highest BCUT2D eigenvalue weighted by Gasteiger charge is 2.16. The molecule has 0 spiro atoms. The normalized spacial score (nSPS) is 11.0. The number of aryl methyl sites for hydroxylation is 2. The first kappa shape index (κ1) is 20.0. The van der Waals surface area contributed by atoms with Crippen LogP contribution in [0.4, 0.5) is 11.4 Å². The molecule has 0 unspecified atom stereocenters. The Morgan fingerprint density at radius 3 is 2.42 bits per heavy atom. The number of hydrogen-bond donors (Lipinski definition) is 0. The second kappa shape index (κ2) is 8.86. The lowest BCUT2D eigenvalue weighted by Gasteiger charge is -2.24. The van der Waals surface area contributed by atoms with Gasteiger partial charge in [-0.15, -0.1) is 0 Å². The SMILES string of the molecule is CCN(C)/C=N/c1cc(C)c(N(Cc2ccc(C)cc2)C(C)=O)cc1Cl. The van der Waals surface area contributed by atoms with E-state index in [9.17, 15) is 4.79 Å². The zero-order valence-electron chi connectivity index (χ0n) is 16.1. The predicted molar refractivity (Wildman–Crippen MR) is 111 cm³/mol. The Morgan fingerprint density at radius 1 is 1.19 bits per heavy atom. The topological polar surface area (TPSA) is 35.9 Å². The standard InChI is InChI=1S/C21H26ClN3O/c1-6-24(5)14-23-20-11-16(3)21(12-19(20)22)25(17(4)26)13-18-9-7-15(2)8-10-18/h7-12,14H,6,13H2,1-5H3/b23-14+. The fraction of sp³-hybridized carbons (Fsp3) is 0.333. The summed E-state index contributed by atoms with van der Waals surface area (Å²) >= 11 is 6.43. The van der Waals surface area contributed by atoms with E-state index in [1.54, 1.807) is 18.2 Å². The molecule has 26 heavy (non-hydrogen) atoms. The lowest BCUT2D eigenvalue weighted by atomic mass is 10.1. The van der Waals surface area contributed by atoms with Gasteiger partial charge in [0.25, 0.3) is 0 Å². The molecule has 0 N–H and O–H groups in total. The van der Waals surface area contributed by atoms with Crippen molar-refractivity contribution < 1.29 is 4.79 Å². The van der Waals surface area contributed by atoms with Crippen molar-refractivity contribution in [2.75, 3.05) is 18.5 Å². The van der Waals surface area contributed by atoms with Crippen LogP contribution >= 0.6 is 11.6 Å². The van der Waals surface area contributed by atoms with Gasteiger partial charge in [0.2, 0.25) is 5.91 Å². The second-order valence-electron chi connectivity index (χ2n) is 6.50. The Labute approximate surface area is 161 Å². The summed E-state index contributed by atoms with van der Waals surface area (Å²) in [5.74, 6) is -0.0216. The van der Waals surface area contributed by atoms with Crippen LogP contribution in [0.2, 0.25) is 5.02 Å². The van der Waals surface area contributed by atoms with E-state index in [1.165, 1.54) is 5.56 Å². The molecule has 0 fully saturated rings. The lowest BCUT2D eigenvalue weighted by molar-refractivity contribution is -0.116. The molecule has 0 saturated heterocycles. The Morgan fingerprint density at radius 2 is 1.85 bits per heavy atom. The van der Waals surface area contributed by atoms with Crippen LogP contribution in [0.1, 0.15) is 30.5 Å².